The van der Waals surface area contributed by atoms with Gasteiger partial charge >= 0.3 is 6.18 Å². The van der Waals surface area contributed by atoms with Crippen LogP contribution in [0.1, 0.15) is 11.3 Å². The molecule has 2 N–H and O–H groups in total. The molecule has 0 amide bonds. The molecule has 2 aromatic heterocycles. The van der Waals surface area contributed by atoms with Crippen molar-refractivity contribution in [1.82, 2.24) is 14.8 Å². The number of nitrogens with two attached hydrogens (primary N) is 1. The standard InChI is InChI=1S/C17H11F3N4O2S/c1-2-11-3-5-12(6-4-11)14-9-15(17(18,19)20)23-24(14)13-7-8-16(22-10-13)27(21,25)26/h1,3-10H,(H2,21,25,26). The van der Waals surface area contributed by atoms with Crippen LogP contribution in [0.15, 0.2) is 53.7 Å². The molecule has 2 heterocycles. The average molecular weight is 392 g/mol. The molecule has 0 aliphatic rings. The van der Waals surface area contributed by atoms with Gasteiger partial charge in [-0.05, 0) is 30.3 Å². The monoisotopic (exact) mass is 392 g/mol. The van der Waals surface area contributed by atoms with Crippen LogP contribution in [0.2, 0.25) is 0 Å². The molecular formula is C17H11F3N4O2S. The number of rotatable bonds is 3. The highest BCUT2D eigenvalue weighted by atomic mass is 32.2. The van der Waals surface area contributed by atoms with E-state index in [2.05, 4.69) is 16.0 Å². The predicted octanol–water partition coefficient (Wildman–Crippen LogP) is 2.58. The first-order chi connectivity index (χ1) is 12.6. The Bertz CT molecular complexity index is 1130. The van der Waals surface area contributed by atoms with Gasteiger partial charge in [-0.25, -0.2) is 23.2 Å². The highest BCUT2D eigenvalue weighted by molar-refractivity contribution is 7.89. The zero-order valence-electron chi connectivity index (χ0n) is 13.5. The number of terminal acetylenes is 1. The third kappa shape index (κ3) is 3.84. The molecule has 3 aromatic rings. The van der Waals surface area contributed by atoms with Crippen LogP contribution in [-0.4, -0.2) is 23.2 Å². The molecule has 0 fully saturated rings. The number of hydrogen-bond donors (Lipinski definition) is 1. The molecule has 0 aliphatic heterocycles. The summed E-state index contributed by atoms with van der Waals surface area (Å²) in [7, 11) is -4.03. The first-order valence-corrected chi connectivity index (χ1v) is 8.88. The van der Waals surface area contributed by atoms with E-state index < -0.39 is 26.9 Å². The summed E-state index contributed by atoms with van der Waals surface area (Å²) in [6.45, 7) is 0. The van der Waals surface area contributed by atoms with E-state index in [0.717, 1.165) is 23.0 Å². The quantitative estimate of drug-likeness (QED) is 0.694. The zero-order chi connectivity index (χ0) is 19.8. The second-order valence-electron chi connectivity index (χ2n) is 5.45. The minimum Gasteiger partial charge on any atom is -0.241 e. The smallest absolute Gasteiger partial charge is 0.241 e. The molecule has 0 unspecified atom stereocenters. The van der Waals surface area contributed by atoms with Gasteiger partial charge in [0.15, 0.2) is 10.7 Å². The Labute approximate surface area is 152 Å². The highest BCUT2D eigenvalue weighted by Crippen LogP contribution is 2.33. The van der Waals surface area contributed by atoms with Crippen LogP contribution in [0.4, 0.5) is 13.2 Å². The average Bonchev–Trinajstić information content (AvgIpc) is 3.07. The topological polar surface area (TPSA) is 90.9 Å². The third-order valence-corrected chi connectivity index (χ3v) is 4.43. The van der Waals surface area contributed by atoms with E-state index in [9.17, 15) is 21.6 Å². The van der Waals surface area contributed by atoms with Gasteiger partial charge in [-0.3, -0.25) is 0 Å². The zero-order valence-corrected chi connectivity index (χ0v) is 14.3. The summed E-state index contributed by atoms with van der Waals surface area (Å²) >= 11 is 0. The largest absolute Gasteiger partial charge is 0.435 e. The van der Waals surface area contributed by atoms with Crippen LogP contribution >= 0.6 is 0 Å². The number of sulfonamides is 1. The number of halogens is 3. The fourth-order valence-corrected chi connectivity index (χ4v) is 2.78. The van der Waals surface area contributed by atoms with Crippen molar-refractivity contribution in [2.24, 2.45) is 5.14 Å². The Kier molecular flexibility index (Phi) is 4.51. The summed E-state index contributed by atoms with van der Waals surface area (Å²) in [6.07, 6.45) is 1.70. The molecular weight excluding hydrogens is 381 g/mol. The second kappa shape index (κ2) is 6.53. The Morgan fingerprint density at radius 2 is 1.78 bits per heavy atom. The molecule has 138 valence electrons. The van der Waals surface area contributed by atoms with E-state index in [-0.39, 0.29) is 11.4 Å². The van der Waals surface area contributed by atoms with E-state index in [0.29, 0.717) is 11.1 Å². The molecule has 27 heavy (non-hydrogen) atoms. The molecule has 0 aliphatic carbocycles. The van der Waals surface area contributed by atoms with Crippen molar-refractivity contribution >= 4 is 10.0 Å². The molecule has 3 rings (SSSR count). The maximum atomic E-state index is 13.1. The summed E-state index contributed by atoms with van der Waals surface area (Å²) < 4.78 is 63.0. The van der Waals surface area contributed by atoms with E-state index in [1.165, 1.54) is 6.07 Å². The molecule has 10 heteroatoms. The third-order valence-electron chi connectivity index (χ3n) is 3.60. The van der Waals surface area contributed by atoms with Gasteiger partial charge in [-0.15, -0.1) is 6.42 Å². The molecule has 0 saturated heterocycles. The number of primary sulfonamides is 1. The Morgan fingerprint density at radius 3 is 2.26 bits per heavy atom. The molecule has 0 spiro atoms. The Morgan fingerprint density at radius 1 is 1.11 bits per heavy atom. The summed E-state index contributed by atoms with van der Waals surface area (Å²) in [5, 5.41) is 8.16. The molecule has 1 aromatic carbocycles. The van der Waals surface area contributed by atoms with Crippen molar-refractivity contribution in [3.8, 4) is 29.3 Å². The minimum atomic E-state index is -4.66. The van der Waals surface area contributed by atoms with Crippen molar-refractivity contribution in [3.05, 3.63) is 59.9 Å². The number of benzene rings is 1. The predicted molar refractivity (Wildman–Crippen MR) is 91.1 cm³/mol. The number of nitrogens with zero attached hydrogens (tertiary/aromatic N) is 3. The van der Waals surface area contributed by atoms with Crippen LogP contribution in [0, 0.1) is 12.3 Å². The van der Waals surface area contributed by atoms with E-state index in [1.807, 2.05) is 0 Å². The first-order valence-electron chi connectivity index (χ1n) is 7.33. The van der Waals surface area contributed by atoms with Gasteiger partial charge in [-0.2, -0.15) is 18.3 Å². The van der Waals surface area contributed by atoms with E-state index in [1.54, 1.807) is 24.3 Å². The van der Waals surface area contributed by atoms with E-state index >= 15 is 0 Å². The lowest BCUT2D eigenvalue weighted by Gasteiger charge is -2.08. The normalized spacial score (nSPS) is 12.0. The Hall–Kier alpha value is -3.16. The number of alkyl halides is 3. The van der Waals surface area contributed by atoms with Gasteiger partial charge in [0.1, 0.15) is 0 Å². The molecule has 0 saturated carbocycles. The SMILES string of the molecule is C#Cc1ccc(-c2cc(C(F)(F)F)nn2-c2ccc(S(N)(=O)=O)nc2)cc1. The lowest BCUT2D eigenvalue weighted by atomic mass is 10.1. The summed E-state index contributed by atoms with van der Waals surface area (Å²) in [6, 6.07) is 9.54. The fraction of sp³-hybridized carbons (Fsp3) is 0.0588. The lowest BCUT2D eigenvalue weighted by molar-refractivity contribution is -0.141. The van der Waals surface area contributed by atoms with Crippen molar-refractivity contribution in [2.75, 3.05) is 0 Å². The number of pyridine rings is 1. The van der Waals surface area contributed by atoms with Crippen molar-refractivity contribution in [2.45, 2.75) is 11.2 Å². The second-order valence-corrected chi connectivity index (χ2v) is 6.95. The van der Waals surface area contributed by atoms with Gasteiger partial charge in [0, 0.05) is 11.1 Å². The van der Waals surface area contributed by atoms with Crippen LogP contribution in [0.25, 0.3) is 16.9 Å². The van der Waals surface area contributed by atoms with Crippen LogP contribution < -0.4 is 5.14 Å². The Balaban J connectivity index is 2.16. The number of aromatic nitrogens is 3. The summed E-state index contributed by atoms with van der Waals surface area (Å²) in [5.74, 6) is 2.42. The molecule has 0 bridgehead atoms. The highest BCUT2D eigenvalue weighted by Gasteiger charge is 2.35. The molecule has 6 nitrogen and oxygen atoms in total. The minimum absolute atomic E-state index is 0.133. The maximum Gasteiger partial charge on any atom is 0.435 e. The van der Waals surface area contributed by atoms with Gasteiger partial charge in [0.25, 0.3) is 10.0 Å². The van der Waals surface area contributed by atoms with Crippen LogP contribution in [0.5, 0.6) is 0 Å². The molecule has 0 radical (unpaired) electrons. The fourth-order valence-electron chi connectivity index (χ4n) is 2.33. The maximum absolute atomic E-state index is 13.1. The lowest BCUT2D eigenvalue weighted by Crippen LogP contribution is -2.14. The van der Waals surface area contributed by atoms with Gasteiger partial charge < -0.3 is 0 Å². The van der Waals surface area contributed by atoms with Gasteiger partial charge in [0.2, 0.25) is 0 Å². The number of hydrogen-bond acceptors (Lipinski definition) is 4. The first kappa shape index (κ1) is 18.6. The van der Waals surface area contributed by atoms with Crippen molar-refractivity contribution < 1.29 is 21.6 Å². The van der Waals surface area contributed by atoms with Crippen molar-refractivity contribution in [3.63, 3.8) is 0 Å². The molecule has 0 atom stereocenters. The summed E-state index contributed by atoms with van der Waals surface area (Å²) in [4.78, 5) is 3.68. The van der Waals surface area contributed by atoms with Crippen LogP contribution in [0.3, 0.4) is 0 Å². The van der Waals surface area contributed by atoms with Gasteiger partial charge in [-0.1, -0.05) is 18.1 Å². The van der Waals surface area contributed by atoms with Crippen LogP contribution in [-0.2, 0) is 16.2 Å². The summed E-state index contributed by atoms with van der Waals surface area (Å²) in [5.41, 5.74) is 0.173. The van der Waals surface area contributed by atoms with E-state index in [4.69, 9.17) is 11.6 Å². The van der Waals surface area contributed by atoms with Gasteiger partial charge in [0.05, 0.1) is 17.6 Å². The van der Waals surface area contributed by atoms with Crippen molar-refractivity contribution in [1.29, 1.82) is 0 Å².